The highest BCUT2D eigenvalue weighted by Gasteiger charge is 2.31. The molecule has 0 bridgehead atoms. The molecule has 4 unspecified atom stereocenters. The smallest absolute Gasteiger partial charge is 0.331 e. The molecule has 1 aliphatic rings. The molecule has 4 atom stereocenters. The molecular weight excluding hydrogens is 492 g/mol. The molecule has 38 heavy (non-hydrogen) atoms. The number of unbranched alkanes of at least 4 members (excludes halogenated alkanes) is 8. The molecular formula is C28H48N2O8. The second-order valence-electron chi connectivity index (χ2n) is 9.89. The Kier molecular flexibility index (Phi) is 18.1. The Morgan fingerprint density at radius 3 is 1.76 bits per heavy atom. The monoisotopic (exact) mass is 540 g/mol. The van der Waals surface area contributed by atoms with Crippen LogP contribution in [-0.2, 0) is 28.7 Å². The second-order valence-corrected chi connectivity index (χ2v) is 9.89. The average molecular weight is 541 g/mol. The molecule has 10 heteroatoms. The Bertz CT molecular complexity index is 742. The van der Waals surface area contributed by atoms with Gasteiger partial charge in [-0.2, -0.15) is 0 Å². The highest BCUT2D eigenvalue weighted by molar-refractivity contribution is 5.87. The number of nitrogens with one attached hydrogen (secondary N) is 2. The van der Waals surface area contributed by atoms with E-state index in [-0.39, 0.29) is 19.3 Å². The minimum absolute atomic E-state index is 0.223. The van der Waals surface area contributed by atoms with Crippen LogP contribution in [0.3, 0.4) is 0 Å². The maximum atomic E-state index is 12.7. The van der Waals surface area contributed by atoms with Gasteiger partial charge < -0.3 is 30.3 Å². The number of aliphatic hydroxyl groups excluding tert-OH is 2. The summed E-state index contributed by atoms with van der Waals surface area (Å²) in [6.45, 7) is 2.89. The van der Waals surface area contributed by atoms with E-state index in [2.05, 4.69) is 24.5 Å². The molecule has 4 N–H and O–H groups in total. The Labute approximate surface area is 226 Å². The third-order valence-electron chi connectivity index (χ3n) is 6.42. The van der Waals surface area contributed by atoms with E-state index in [0.717, 1.165) is 64.2 Å². The van der Waals surface area contributed by atoms with Gasteiger partial charge in [-0.3, -0.25) is 9.59 Å². The molecule has 1 rings (SSSR count). The summed E-state index contributed by atoms with van der Waals surface area (Å²) in [4.78, 5) is 50.8. The molecule has 10 nitrogen and oxygen atoms in total. The fourth-order valence-electron chi connectivity index (χ4n) is 4.18. The van der Waals surface area contributed by atoms with Gasteiger partial charge in [0.25, 0.3) is 0 Å². The van der Waals surface area contributed by atoms with E-state index in [1.807, 2.05) is 12.2 Å². The van der Waals surface area contributed by atoms with Crippen molar-refractivity contribution in [2.24, 2.45) is 0 Å². The first-order valence-corrected chi connectivity index (χ1v) is 14.2. The van der Waals surface area contributed by atoms with Crippen LogP contribution >= 0.6 is 0 Å². The van der Waals surface area contributed by atoms with Crippen molar-refractivity contribution in [1.29, 1.82) is 0 Å². The Balaban J connectivity index is 2.95. The lowest BCUT2D eigenvalue weighted by atomic mass is 10.1. The summed E-state index contributed by atoms with van der Waals surface area (Å²) in [5, 5.41) is 24.3. The minimum Gasteiger partial charge on any atom is -0.460 e. The number of hydrogen-bond acceptors (Lipinski definition) is 8. The van der Waals surface area contributed by atoms with Crippen LogP contribution in [0, 0.1) is 0 Å². The van der Waals surface area contributed by atoms with E-state index < -0.39 is 61.3 Å². The summed E-state index contributed by atoms with van der Waals surface area (Å²) >= 11 is 0. The highest BCUT2D eigenvalue weighted by atomic mass is 16.6. The van der Waals surface area contributed by atoms with Crippen molar-refractivity contribution in [3.05, 3.63) is 12.2 Å². The van der Waals surface area contributed by atoms with Crippen LogP contribution in [0.15, 0.2) is 12.2 Å². The molecule has 2 amide bonds. The number of esters is 2. The van der Waals surface area contributed by atoms with Crippen LogP contribution in [0.2, 0.25) is 0 Å². The maximum Gasteiger partial charge on any atom is 0.331 e. The lowest BCUT2D eigenvalue weighted by Crippen LogP contribution is -2.49. The van der Waals surface area contributed by atoms with Crippen LogP contribution in [0.5, 0.6) is 0 Å². The molecule has 0 aromatic carbocycles. The molecule has 0 spiro atoms. The molecule has 0 radical (unpaired) electrons. The van der Waals surface area contributed by atoms with E-state index in [0.29, 0.717) is 6.42 Å². The van der Waals surface area contributed by atoms with Gasteiger partial charge in [0, 0.05) is 6.42 Å². The van der Waals surface area contributed by atoms with Crippen LogP contribution in [-0.4, -0.2) is 71.5 Å². The van der Waals surface area contributed by atoms with E-state index in [9.17, 15) is 29.4 Å². The summed E-state index contributed by atoms with van der Waals surface area (Å²) in [5.74, 6) is -2.84. The molecule has 1 heterocycles. The van der Waals surface area contributed by atoms with Gasteiger partial charge >= 0.3 is 11.9 Å². The van der Waals surface area contributed by atoms with Gasteiger partial charge in [-0.15, -0.1) is 0 Å². The topological polar surface area (TPSA) is 151 Å². The van der Waals surface area contributed by atoms with Crippen LogP contribution in [0.4, 0.5) is 0 Å². The zero-order valence-corrected chi connectivity index (χ0v) is 23.1. The summed E-state index contributed by atoms with van der Waals surface area (Å²) in [5.41, 5.74) is 0. The van der Waals surface area contributed by atoms with Gasteiger partial charge in [0.15, 0.2) is 12.1 Å². The number of cyclic esters (lactones) is 2. The molecule has 1 fully saturated rings. The lowest BCUT2D eigenvalue weighted by molar-refractivity contribution is -0.160. The number of carbonyl (C=O) groups is 4. The summed E-state index contributed by atoms with van der Waals surface area (Å²) in [7, 11) is 0. The summed E-state index contributed by atoms with van der Waals surface area (Å²) < 4.78 is 11.0. The van der Waals surface area contributed by atoms with Crippen molar-refractivity contribution >= 4 is 23.8 Å². The average Bonchev–Trinajstić information content (AvgIpc) is 2.88. The van der Waals surface area contributed by atoms with Crippen molar-refractivity contribution in [3.8, 4) is 0 Å². The zero-order chi connectivity index (χ0) is 28.2. The molecule has 0 saturated carbocycles. The zero-order valence-electron chi connectivity index (χ0n) is 23.1. The van der Waals surface area contributed by atoms with Crippen molar-refractivity contribution in [3.63, 3.8) is 0 Å². The normalized spacial score (nSPS) is 23.9. The van der Waals surface area contributed by atoms with Gasteiger partial charge in [0.1, 0.15) is 12.2 Å². The van der Waals surface area contributed by atoms with Gasteiger partial charge in [-0.1, -0.05) is 70.9 Å². The fraction of sp³-hybridized carbons (Fsp3) is 0.786. The van der Waals surface area contributed by atoms with Crippen molar-refractivity contribution in [2.75, 3.05) is 13.2 Å². The molecule has 1 aliphatic heterocycles. The first-order chi connectivity index (χ1) is 18.3. The van der Waals surface area contributed by atoms with Crippen LogP contribution in [0.25, 0.3) is 0 Å². The minimum atomic E-state index is -1.31. The molecule has 0 aromatic rings. The van der Waals surface area contributed by atoms with Crippen LogP contribution in [0.1, 0.15) is 104 Å². The molecule has 0 aliphatic carbocycles. The Morgan fingerprint density at radius 2 is 1.21 bits per heavy atom. The number of carbonyl (C=O) groups excluding carboxylic acids is 4. The summed E-state index contributed by atoms with van der Waals surface area (Å²) in [6, 6.07) is -2.60. The van der Waals surface area contributed by atoms with Gasteiger partial charge in [0.2, 0.25) is 11.8 Å². The number of hydrogen-bond donors (Lipinski definition) is 4. The Morgan fingerprint density at radius 1 is 0.711 bits per heavy atom. The lowest BCUT2D eigenvalue weighted by Gasteiger charge is -2.25. The van der Waals surface area contributed by atoms with Crippen molar-refractivity contribution in [2.45, 2.75) is 128 Å². The number of amides is 2. The van der Waals surface area contributed by atoms with Crippen LogP contribution < -0.4 is 10.6 Å². The highest BCUT2D eigenvalue weighted by Crippen LogP contribution is 2.15. The number of ether oxygens (including phenoxy) is 2. The maximum absolute atomic E-state index is 12.7. The molecule has 0 aromatic heterocycles. The molecule has 218 valence electrons. The third kappa shape index (κ3) is 14.5. The predicted molar refractivity (Wildman–Crippen MR) is 143 cm³/mol. The Hall–Kier alpha value is -2.46. The standard InChI is InChI=1S/C28H48N2O8/c1-3-5-7-9-10-12-14-16-22-18-26(34)30-23(19-31)27(35)37-21(15-13-11-8-6-4-2)17-25(33)29-24(20-32)28(36)38-22/h12,14,21-24,31-32H,3-11,13,15-20H2,1-2H3,(H,29,33)(H,30,34)/b14-12+. The van der Waals surface area contributed by atoms with Gasteiger partial charge in [-0.25, -0.2) is 9.59 Å². The van der Waals surface area contributed by atoms with Crippen molar-refractivity contribution < 1.29 is 38.9 Å². The van der Waals surface area contributed by atoms with Gasteiger partial charge in [-0.05, 0) is 25.7 Å². The predicted octanol–water partition coefficient (Wildman–Crippen LogP) is 2.84. The first kappa shape index (κ1) is 33.6. The fourth-order valence-corrected chi connectivity index (χ4v) is 4.18. The van der Waals surface area contributed by atoms with E-state index >= 15 is 0 Å². The number of rotatable bonds is 15. The largest absolute Gasteiger partial charge is 0.460 e. The molecule has 1 saturated heterocycles. The van der Waals surface area contributed by atoms with E-state index in [1.54, 1.807) is 0 Å². The third-order valence-corrected chi connectivity index (χ3v) is 6.42. The van der Waals surface area contributed by atoms with E-state index in [4.69, 9.17) is 9.47 Å². The first-order valence-electron chi connectivity index (χ1n) is 14.2. The summed E-state index contributed by atoms with van der Waals surface area (Å²) in [6.07, 6.45) is 12.4. The quantitative estimate of drug-likeness (QED) is 0.141. The van der Waals surface area contributed by atoms with E-state index in [1.165, 1.54) is 0 Å². The number of allylic oxidation sites excluding steroid dienone is 1. The number of aliphatic hydroxyl groups is 2. The van der Waals surface area contributed by atoms with Gasteiger partial charge in [0.05, 0.1) is 26.1 Å². The second kappa shape index (κ2) is 20.5. The SMILES string of the molecule is CCCCCC/C=C/CC1CC(=O)NC(CO)C(=O)OC(CCCCCCC)CC(=O)NC(CO)C(=O)O1. The van der Waals surface area contributed by atoms with Crippen molar-refractivity contribution in [1.82, 2.24) is 10.6 Å².